The molecule has 17 heavy (non-hydrogen) atoms. The first kappa shape index (κ1) is 12.2. The Labute approximate surface area is 105 Å². The molecule has 0 aliphatic heterocycles. The lowest BCUT2D eigenvalue weighted by atomic mass is 9.69. The van der Waals surface area contributed by atoms with Gasteiger partial charge in [0.25, 0.3) is 0 Å². The van der Waals surface area contributed by atoms with Gasteiger partial charge in [0, 0.05) is 0 Å². The number of phenols is 1. The van der Waals surface area contributed by atoms with Gasteiger partial charge >= 0.3 is 0 Å². The van der Waals surface area contributed by atoms with Gasteiger partial charge in [-0.3, -0.25) is 0 Å². The number of carbonyl (C=O) groups excluding carboxylic acids is 1. The summed E-state index contributed by atoms with van der Waals surface area (Å²) in [6, 6.07) is 1.63. The van der Waals surface area contributed by atoms with E-state index in [4.69, 9.17) is 11.6 Å². The van der Waals surface area contributed by atoms with Crippen molar-refractivity contribution in [2.75, 3.05) is 0 Å². The van der Waals surface area contributed by atoms with Crippen LogP contribution in [0.2, 0.25) is 5.02 Å². The Balaban J connectivity index is 2.66. The molecule has 0 saturated heterocycles. The maximum atomic E-state index is 10.6. The Morgan fingerprint density at radius 1 is 1.47 bits per heavy atom. The maximum absolute atomic E-state index is 10.6. The molecule has 1 saturated carbocycles. The molecule has 0 radical (unpaired) electrons. The Morgan fingerprint density at radius 3 is 2.59 bits per heavy atom. The number of rotatable bonds is 2. The number of isocyanates is 1. The van der Waals surface area contributed by atoms with E-state index in [1.807, 2.05) is 13.8 Å². The summed E-state index contributed by atoms with van der Waals surface area (Å²) in [6.07, 6.45) is 4.39. The Kier molecular flexibility index (Phi) is 2.98. The molecule has 1 aliphatic rings. The lowest BCUT2D eigenvalue weighted by Gasteiger charge is -2.39. The summed E-state index contributed by atoms with van der Waals surface area (Å²) in [7, 11) is 0. The summed E-state index contributed by atoms with van der Waals surface area (Å²) in [6.45, 7) is 3.75. The van der Waals surface area contributed by atoms with E-state index in [1.165, 1.54) is 0 Å². The van der Waals surface area contributed by atoms with E-state index >= 15 is 0 Å². The van der Waals surface area contributed by atoms with Crippen LogP contribution in [-0.4, -0.2) is 11.2 Å². The third kappa shape index (κ3) is 1.76. The lowest BCUT2D eigenvalue weighted by Crippen LogP contribution is -2.33. The molecule has 0 amide bonds. The summed E-state index contributed by atoms with van der Waals surface area (Å²) in [5.74, 6) is 0.0787. The number of phenolic OH excluding ortho intramolecular Hbond substituents is 1. The molecule has 1 fully saturated rings. The van der Waals surface area contributed by atoms with E-state index in [0.717, 1.165) is 36.0 Å². The first-order valence-electron chi connectivity index (χ1n) is 5.60. The minimum atomic E-state index is -0.465. The Bertz CT molecular complexity index is 515. The summed E-state index contributed by atoms with van der Waals surface area (Å²) in [5, 5.41) is 10.00. The molecule has 0 aromatic heterocycles. The number of aromatic hydroxyl groups is 1. The van der Waals surface area contributed by atoms with Crippen molar-refractivity contribution < 1.29 is 9.90 Å². The third-order valence-corrected chi connectivity index (χ3v) is 4.06. The second-order valence-corrected chi connectivity index (χ2v) is 4.99. The van der Waals surface area contributed by atoms with Crippen LogP contribution >= 0.6 is 11.6 Å². The van der Waals surface area contributed by atoms with Crippen molar-refractivity contribution in [1.82, 2.24) is 0 Å². The standard InChI is InChI=1S/C13H14ClNO2/c1-8-6-10(17)12(14)9(2)11(8)13(15-7-16)4-3-5-13/h6,17H,3-5H2,1-2H3. The van der Waals surface area contributed by atoms with Gasteiger partial charge in [-0.25, -0.2) is 4.79 Å². The second-order valence-electron chi connectivity index (χ2n) is 4.61. The van der Waals surface area contributed by atoms with Crippen LogP contribution in [0.15, 0.2) is 11.1 Å². The number of aliphatic imine (C=N–C) groups is 1. The minimum Gasteiger partial charge on any atom is -0.506 e. The number of hydrogen-bond donors (Lipinski definition) is 1. The summed E-state index contributed by atoms with van der Waals surface area (Å²) >= 11 is 6.05. The molecule has 90 valence electrons. The Morgan fingerprint density at radius 2 is 2.12 bits per heavy atom. The molecule has 3 nitrogen and oxygen atoms in total. The predicted octanol–water partition coefficient (Wildman–Crippen LogP) is 3.38. The molecule has 0 heterocycles. The molecule has 1 N–H and O–H groups in total. The minimum absolute atomic E-state index is 0.0787. The van der Waals surface area contributed by atoms with Gasteiger partial charge in [0.15, 0.2) is 0 Å². The highest BCUT2D eigenvalue weighted by molar-refractivity contribution is 6.32. The molecule has 0 atom stereocenters. The van der Waals surface area contributed by atoms with E-state index in [2.05, 4.69) is 4.99 Å². The number of aryl methyl sites for hydroxylation is 1. The molecular formula is C13H14ClNO2. The van der Waals surface area contributed by atoms with Gasteiger partial charge in [-0.1, -0.05) is 11.6 Å². The molecular weight excluding hydrogens is 238 g/mol. The smallest absolute Gasteiger partial charge is 0.235 e. The van der Waals surface area contributed by atoms with E-state index in [1.54, 1.807) is 12.1 Å². The molecule has 2 rings (SSSR count). The van der Waals surface area contributed by atoms with Gasteiger partial charge < -0.3 is 5.11 Å². The lowest BCUT2D eigenvalue weighted by molar-refractivity contribution is 0.253. The van der Waals surface area contributed by atoms with Gasteiger partial charge in [-0.2, -0.15) is 4.99 Å². The Hall–Kier alpha value is -1.31. The number of hydrogen-bond acceptors (Lipinski definition) is 3. The summed E-state index contributed by atoms with van der Waals surface area (Å²) in [4.78, 5) is 14.6. The van der Waals surface area contributed by atoms with Crippen LogP contribution in [0.1, 0.15) is 36.0 Å². The molecule has 1 aliphatic carbocycles. The van der Waals surface area contributed by atoms with Gasteiger partial charge in [0.05, 0.1) is 10.6 Å². The maximum Gasteiger partial charge on any atom is 0.235 e. The zero-order valence-corrected chi connectivity index (χ0v) is 10.6. The van der Waals surface area contributed by atoms with Gasteiger partial charge in [0.2, 0.25) is 6.08 Å². The predicted molar refractivity (Wildman–Crippen MR) is 66.2 cm³/mol. The number of nitrogens with zero attached hydrogens (tertiary/aromatic N) is 1. The van der Waals surface area contributed by atoms with Crippen molar-refractivity contribution in [3.05, 3.63) is 27.8 Å². The number of halogens is 1. The first-order chi connectivity index (χ1) is 8.02. The highest BCUT2D eigenvalue weighted by atomic mass is 35.5. The number of benzene rings is 1. The molecule has 0 unspecified atom stereocenters. The monoisotopic (exact) mass is 251 g/mol. The normalized spacial score (nSPS) is 17.1. The van der Waals surface area contributed by atoms with Crippen molar-refractivity contribution in [3.8, 4) is 5.75 Å². The SMILES string of the molecule is Cc1cc(O)c(Cl)c(C)c1C1(N=C=O)CCC1. The van der Waals surface area contributed by atoms with Crippen molar-refractivity contribution in [2.45, 2.75) is 38.6 Å². The highest BCUT2D eigenvalue weighted by Gasteiger charge is 2.41. The molecule has 1 aromatic carbocycles. The van der Waals surface area contributed by atoms with Crippen molar-refractivity contribution in [3.63, 3.8) is 0 Å². The fourth-order valence-corrected chi connectivity index (χ4v) is 2.82. The highest BCUT2D eigenvalue weighted by Crippen LogP contribution is 2.49. The fraction of sp³-hybridized carbons (Fsp3) is 0.462. The van der Waals surface area contributed by atoms with Crippen molar-refractivity contribution >= 4 is 17.7 Å². The van der Waals surface area contributed by atoms with Crippen molar-refractivity contribution in [1.29, 1.82) is 0 Å². The second kappa shape index (κ2) is 4.17. The van der Waals surface area contributed by atoms with Crippen LogP contribution in [0, 0.1) is 13.8 Å². The van der Waals surface area contributed by atoms with Gasteiger partial charge in [-0.05, 0) is 55.9 Å². The molecule has 0 spiro atoms. The van der Waals surface area contributed by atoms with Crippen LogP contribution in [-0.2, 0) is 10.3 Å². The van der Waals surface area contributed by atoms with Crippen LogP contribution in [0.3, 0.4) is 0 Å². The average molecular weight is 252 g/mol. The van der Waals surface area contributed by atoms with Crippen LogP contribution in [0.4, 0.5) is 0 Å². The van der Waals surface area contributed by atoms with Gasteiger partial charge in [-0.15, -0.1) is 0 Å². The molecule has 1 aromatic rings. The van der Waals surface area contributed by atoms with Crippen LogP contribution < -0.4 is 0 Å². The fourth-order valence-electron chi connectivity index (χ4n) is 2.67. The van der Waals surface area contributed by atoms with E-state index in [9.17, 15) is 9.90 Å². The van der Waals surface area contributed by atoms with E-state index < -0.39 is 5.54 Å². The summed E-state index contributed by atoms with van der Waals surface area (Å²) < 4.78 is 0. The third-order valence-electron chi connectivity index (χ3n) is 3.58. The van der Waals surface area contributed by atoms with Crippen LogP contribution in [0.5, 0.6) is 5.75 Å². The largest absolute Gasteiger partial charge is 0.506 e. The molecule has 4 heteroatoms. The average Bonchev–Trinajstić information content (AvgIpc) is 2.22. The quantitative estimate of drug-likeness (QED) is 0.647. The zero-order valence-electron chi connectivity index (χ0n) is 9.88. The molecule has 0 bridgehead atoms. The van der Waals surface area contributed by atoms with Crippen molar-refractivity contribution in [2.24, 2.45) is 4.99 Å². The first-order valence-corrected chi connectivity index (χ1v) is 5.98. The topological polar surface area (TPSA) is 49.7 Å². The zero-order chi connectivity index (χ0) is 12.6. The van der Waals surface area contributed by atoms with E-state index in [-0.39, 0.29) is 5.75 Å². The van der Waals surface area contributed by atoms with Gasteiger partial charge in [0.1, 0.15) is 5.75 Å². The van der Waals surface area contributed by atoms with Crippen LogP contribution in [0.25, 0.3) is 0 Å². The van der Waals surface area contributed by atoms with E-state index in [0.29, 0.717) is 5.02 Å². The summed E-state index contributed by atoms with van der Waals surface area (Å²) in [5.41, 5.74) is 2.23.